The predicted molar refractivity (Wildman–Crippen MR) is 104 cm³/mol. The number of amides is 2. The summed E-state index contributed by atoms with van der Waals surface area (Å²) in [6.45, 7) is 1.29. The molecular weight excluding hydrogens is 384 g/mol. The van der Waals surface area contributed by atoms with Crippen LogP contribution in [0.1, 0.15) is 25.6 Å². The number of anilines is 1. The van der Waals surface area contributed by atoms with Gasteiger partial charge in [-0.1, -0.05) is 12.1 Å². The van der Waals surface area contributed by atoms with Gasteiger partial charge in [0.2, 0.25) is 5.91 Å². The first kappa shape index (κ1) is 19.2. The summed E-state index contributed by atoms with van der Waals surface area (Å²) in [6, 6.07) is 6.36. The van der Waals surface area contributed by atoms with E-state index in [1.165, 1.54) is 19.5 Å². The van der Waals surface area contributed by atoms with Gasteiger partial charge in [0.15, 0.2) is 0 Å². The number of aromatic nitrogens is 2. The summed E-state index contributed by atoms with van der Waals surface area (Å²) in [5.41, 5.74) is 5.76. The molecule has 0 radical (unpaired) electrons. The highest BCUT2D eigenvalue weighted by Crippen LogP contribution is 2.26. The molecule has 0 spiro atoms. The number of nitrogens with one attached hydrogen (secondary N) is 1. The summed E-state index contributed by atoms with van der Waals surface area (Å²) >= 11 is 1.03. The van der Waals surface area contributed by atoms with Gasteiger partial charge in [0, 0.05) is 0 Å². The summed E-state index contributed by atoms with van der Waals surface area (Å²) in [5, 5.41) is 2.84. The van der Waals surface area contributed by atoms with Crippen molar-refractivity contribution in [1.82, 2.24) is 9.55 Å². The first-order chi connectivity index (χ1) is 13.3. The van der Waals surface area contributed by atoms with Crippen molar-refractivity contribution in [1.29, 1.82) is 0 Å². The molecule has 9 nitrogen and oxygen atoms in total. The number of nitrogens with two attached hydrogens (primary N) is 1. The van der Waals surface area contributed by atoms with Gasteiger partial charge in [0.1, 0.15) is 11.4 Å². The van der Waals surface area contributed by atoms with Gasteiger partial charge >= 0.3 is 5.97 Å². The molecule has 28 heavy (non-hydrogen) atoms. The summed E-state index contributed by atoms with van der Waals surface area (Å²) < 4.78 is 5.81. The molecule has 2 heterocycles. The minimum Gasteiger partial charge on any atom is -0.465 e. The lowest BCUT2D eigenvalue weighted by Gasteiger charge is -2.10. The number of hydrogen-bond acceptors (Lipinski definition) is 7. The van der Waals surface area contributed by atoms with E-state index in [-0.39, 0.29) is 28.1 Å². The molecule has 0 saturated heterocycles. The van der Waals surface area contributed by atoms with Crippen LogP contribution in [0.5, 0.6) is 0 Å². The largest absolute Gasteiger partial charge is 0.465 e. The smallest absolute Gasteiger partial charge is 0.339 e. The van der Waals surface area contributed by atoms with E-state index in [0.29, 0.717) is 10.4 Å². The van der Waals surface area contributed by atoms with E-state index < -0.39 is 23.3 Å². The van der Waals surface area contributed by atoms with Crippen LogP contribution in [0.2, 0.25) is 0 Å². The minimum absolute atomic E-state index is 0.194. The van der Waals surface area contributed by atoms with Gasteiger partial charge < -0.3 is 15.8 Å². The molecule has 2 amide bonds. The lowest BCUT2D eigenvalue weighted by atomic mass is 10.2. The summed E-state index contributed by atoms with van der Waals surface area (Å²) in [7, 11) is 1.24. The molecule has 0 aliphatic heterocycles. The number of hydrogen-bond donors (Lipinski definition) is 2. The Bertz CT molecular complexity index is 1160. The molecule has 2 aromatic heterocycles. The molecule has 1 aromatic carbocycles. The number of nitrogens with zero attached hydrogens (tertiary/aromatic N) is 2. The summed E-state index contributed by atoms with van der Waals surface area (Å²) in [4.78, 5) is 53.2. The van der Waals surface area contributed by atoms with Gasteiger partial charge in [0.05, 0.1) is 35.0 Å². The van der Waals surface area contributed by atoms with Gasteiger partial charge in [-0.3, -0.25) is 19.0 Å². The van der Waals surface area contributed by atoms with Crippen molar-refractivity contribution in [3.8, 4) is 0 Å². The van der Waals surface area contributed by atoms with Gasteiger partial charge in [-0.05, 0) is 24.6 Å². The zero-order valence-corrected chi connectivity index (χ0v) is 15.8. The molecule has 0 fully saturated rings. The number of ether oxygens (including phenoxy) is 1. The standard InChI is InChI=1S/C18H16N4O5S/c1-9-13-16(28-14(9)15(19)24)20-8-22(17(13)25)7-12(23)21-11-6-4-3-5-10(11)18(26)27-2/h3-6,8H,7H2,1-2H3,(H2,19,24)(H,21,23). The number of carbonyl (C=O) groups is 3. The Morgan fingerprint density at radius 3 is 2.68 bits per heavy atom. The van der Waals surface area contributed by atoms with Crippen LogP contribution in [0.15, 0.2) is 35.4 Å². The maximum atomic E-state index is 12.7. The molecule has 0 unspecified atom stereocenters. The van der Waals surface area contributed by atoms with E-state index in [9.17, 15) is 19.2 Å². The molecule has 10 heteroatoms. The van der Waals surface area contributed by atoms with Crippen molar-refractivity contribution in [2.45, 2.75) is 13.5 Å². The van der Waals surface area contributed by atoms with Crippen molar-refractivity contribution in [2.24, 2.45) is 5.73 Å². The van der Waals surface area contributed by atoms with Crippen LogP contribution in [0.4, 0.5) is 5.69 Å². The van der Waals surface area contributed by atoms with Crippen LogP contribution < -0.4 is 16.6 Å². The fourth-order valence-corrected chi connectivity index (χ4v) is 3.72. The summed E-state index contributed by atoms with van der Waals surface area (Å²) in [5.74, 6) is -1.75. The predicted octanol–water partition coefficient (Wildman–Crippen LogP) is 1.29. The number of para-hydroxylation sites is 1. The van der Waals surface area contributed by atoms with Crippen molar-refractivity contribution in [2.75, 3.05) is 12.4 Å². The Morgan fingerprint density at radius 1 is 1.29 bits per heavy atom. The second-order valence-electron chi connectivity index (χ2n) is 5.86. The topological polar surface area (TPSA) is 133 Å². The number of fused-ring (bicyclic) bond motifs is 1. The highest BCUT2D eigenvalue weighted by Gasteiger charge is 2.19. The molecule has 0 saturated carbocycles. The van der Waals surface area contributed by atoms with Crippen LogP contribution in [0, 0.1) is 6.92 Å². The van der Waals surface area contributed by atoms with Crippen LogP contribution in [-0.4, -0.2) is 34.4 Å². The van der Waals surface area contributed by atoms with Gasteiger partial charge in [-0.15, -0.1) is 11.3 Å². The van der Waals surface area contributed by atoms with Crippen LogP contribution >= 0.6 is 11.3 Å². The fourth-order valence-electron chi connectivity index (χ4n) is 2.73. The molecule has 0 atom stereocenters. The highest BCUT2D eigenvalue weighted by atomic mass is 32.1. The minimum atomic E-state index is -0.636. The quantitative estimate of drug-likeness (QED) is 0.620. The number of thiophene rings is 1. The third-order valence-electron chi connectivity index (χ3n) is 4.06. The molecule has 0 aliphatic carbocycles. The Kier molecular flexibility index (Phi) is 5.23. The molecular formula is C18H16N4O5S. The zero-order chi connectivity index (χ0) is 20.4. The molecule has 0 aliphatic rings. The van der Waals surface area contributed by atoms with Gasteiger partial charge in [0.25, 0.3) is 11.5 Å². The Balaban J connectivity index is 1.90. The number of esters is 1. The van der Waals surface area contributed by atoms with Crippen LogP contribution in [0.25, 0.3) is 10.2 Å². The van der Waals surface area contributed by atoms with E-state index in [2.05, 4.69) is 15.0 Å². The number of carbonyl (C=O) groups excluding carboxylic acids is 3. The van der Waals surface area contributed by atoms with Crippen molar-refractivity contribution >= 4 is 45.0 Å². The van der Waals surface area contributed by atoms with E-state index in [0.717, 1.165) is 15.9 Å². The fraction of sp³-hybridized carbons (Fsp3) is 0.167. The first-order valence-corrected chi connectivity index (χ1v) is 8.90. The van der Waals surface area contributed by atoms with E-state index in [1.54, 1.807) is 25.1 Å². The maximum absolute atomic E-state index is 12.7. The van der Waals surface area contributed by atoms with E-state index in [1.807, 2.05) is 0 Å². The Labute approximate surface area is 162 Å². The van der Waals surface area contributed by atoms with Crippen molar-refractivity contribution in [3.05, 3.63) is 57.0 Å². The second-order valence-corrected chi connectivity index (χ2v) is 6.86. The number of rotatable bonds is 5. The third-order valence-corrected chi connectivity index (χ3v) is 5.28. The normalized spacial score (nSPS) is 10.6. The SMILES string of the molecule is COC(=O)c1ccccc1NC(=O)Cn1cnc2sc(C(N)=O)c(C)c2c1=O. The second kappa shape index (κ2) is 7.61. The van der Waals surface area contributed by atoms with Crippen molar-refractivity contribution in [3.63, 3.8) is 0 Å². The van der Waals surface area contributed by atoms with Crippen LogP contribution in [0.3, 0.4) is 0 Å². The molecule has 0 bridgehead atoms. The van der Waals surface area contributed by atoms with E-state index in [4.69, 9.17) is 5.73 Å². The molecule has 3 aromatic rings. The number of methoxy groups -OCH3 is 1. The van der Waals surface area contributed by atoms with Crippen LogP contribution in [-0.2, 0) is 16.1 Å². The zero-order valence-electron chi connectivity index (χ0n) is 15.0. The lowest BCUT2D eigenvalue weighted by Crippen LogP contribution is -2.28. The number of primary amides is 1. The third kappa shape index (κ3) is 3.49. The maximum Gasteiger partial charge on any atom is 0.339 e. The average molecular weight is 400 g/mol. The average Bonchev–Trinajstić information content (AvgIpc) is 3.01. The molecule has 3 rings (SSSR count). The first-order valence-electron chi connectivity index (χ1n) is 8.09. The van der Waals surface area contributed by atoms with Gasteiger partial charge in [-0.2, -0.15) is 0 Å². The Hall–Kier alpha value is -3.53. The highest BCUT2D eigenvalue weighted by molar-refractivity contribution is 7.20. The van der Waals surface area contributed by atoms with Gasteiger partial charge in [-0.25, -0.2) is 9.78 Å². The lowest BCUT2D eigenvalue weighted by molar-refractivity contribution is -0.116. The molecule has 144 valence electrons. The van der Waals surface area contributed by atoms with E-state index >= 15 is 0 Å². The number of benzene rings is 1. The molecule has 3 N–H and O–H groups in total. The van der Waals surface area contributed by atoms with Crippen molar-refractivity contribution < 1.29 is 19.1 Å². The summed E-state index contributed by atoms with van der Waals surface area (Å²) in [6.07, 6.45) is 1.23. The Morgan fingerprint density at radius 2 is 2.00 bits per heavy atom. The number of aryl methyl sites for hydroxylation is 1. The monoisotopic (exact) mass is 400 g/mol.